The number of aryl methyl sites for hydroxylation is 2. The Labute approximate surface area is 262 Å². The summed E-state index contributed by atoms with van der Waals surface area (Å²) in [7, 11) is 0. The van der Waals surface area contributed by atoms with Crippen LogP contribution in [0.4, 0.5) is 5.69 Å². The highest BCUT2D eigenvalue weighted by molar-refractivity contribution is 8.00. The Balaban J connectivity index is 1.20. The Kier molecular flexibility index (Phi) is 6.40. The second-order valence-corrected chi connectivity index (χ2v) is 14.9. The van der Waals surface area contributed by atoms with Gasteiger partial charge in [-0.1, -0.05) is 70.5 Å². The first-order chi connectivity index (χ1) is 20.8. The van der Waals surface area contributed by atoms with Gasteiger partial charge in [-0.15, -0.1) is 11.8 Å². The van der Waals surface area contributed by atoms with Crippen LogP contribution >= 0.6 is 34.7 Å². The Morgan fingerprint density at radius 2 is 1.58 bits per heavy atom. The molecular formula is C34H29ClN2O4S2. The van der Waals surface area contributed by atoms with Crippen molar-refractivity contribution in [3.8, 4) is 5.75 Å². The molecule has 8 rings (SSSR count). The van der Waals surface area contributed by atoms with Gasteiger partial charge in [-0.2, -0.15) is 0 Å². The highest BCUT2D eigenvalue weighted by Gasteiger charge is 2.69. The van der Waals surface area contributed by atoms with Crippen molar-refractivity contribution < 1.29 is 14.3 Å². The molecule has 0 spiro atoms. The minimum atomic E-state index is -0.364. The van der Waals surface area contributed by atoms with E-state index < -0.39 is 0 Å². The van der Waals surface area contributed by atoms with Gasteiger partial charge < -0.3 is 9.72 Å². The summed E-state index contributed by atoms with van der Waals surface area (Å²) in [4.78, 5) is 46.0. The molecule has 218 valence electrons. The molecule has 7 atom stereocenters. The normalized spacial score (nSPS) is 28.6. The number of anilines is 1. The maximum atomic E-state index is 14.0. The first kappa shape index (κ1) is 27.2. The van der Waals surface area contributed by atoms with Crippen LogP contribution in [0.2, 0.25) is 5.02 Å². The van der Waals surface area contributed by atoms with Crippen LogP contribution in [0.15, 0.2) is 76.6 Å². The topological polar surface area (TPSA) is 79.5 Å². The molecule has 3 fully saturated rings. The number of carbonyl (C=O) groups excluding carboxylic acids is 2. The van der Waals surface area contributed by atoms with E-state index >= 15 is 0 Å². The number of hydrogen-bond donors (Lipinski definition) is 1. The molecule has 9 heteroatoms. The number of amides is 2. The van der Waals surface area contributed by atoms with Crippen LogP contribution < -0.4 is 14.5 Å². The van der Waals surface area contributed by atoms with Crippen molar-refractivity contribution >= 4 is 52.2 Å². The standard InChI is InChI=1S/C34H29ClN2O4S2/c1-16-3-7-18(8-4-16)15-41-24-12-9-19(35)13-21(24)25-26-22-14-23(29(26)42-31-30(25)43-34(40)36-31)28-27(22)32(38)37(33(28)39)20-10-5-17(2)6-11-20/h3-13,22-23,25-29H,14-15H2,1-2H3,(H,36,40)/t22-,23-,25?,26?,27?,28?,29?/m1/s1. The van der Waals surface area contributed by atoms with Gasteiger partial charge in [0.1, 0.15) is 12.4 Å². The van der Waals surface area contributed by atoms with Gasteiger partial charge in [-0.3, -0.25) is 19.3 Å². The number of aromatic nitrogens is 1. The number of nitrogens with zero attached hydrogens (tertiary/aromatic N) is 1. The molecule has 6 nitrogen and oxygen atoms in total. The highest BCUT2D eigenvalue weighted by Crippen LogP contribution is 2.69. The van der Waals surface area contributed by atoms with Gasteiger partial charge >= 0.3 is 4.87 Å². The minimum Gasteiger partial charge on any atom is -0.489 e. The first-order valence-corrected chi connectivity index (χ1v) is 16.7. The maximum absolute atomic E-state index is 14.0. The van der Waals surface area contributed by atoms with E-state index in [0.29, 0.717) is 17.3 Å². The largest absolute Gasteiger partial charge is 0.489 e. The summed E-state index contributed by atoms with van der Waals surface area (Å²) in [6.45, 7) is 4.45. The number of hydrogen-bond acceptors (Lipinski definition) is 6. The summed E-state index contributed by atoms with van der Waals surface area (Å²) in [5.41, 5.74) is 4.90. The number of halogens is 1. The molecule has 5 unspecified atom stereocenters. The number of H-pyrrole nitrogens is 1. The number of rotatable bonds is 5. The van der Waals surface area contributed by atoms with Crippen molar-refractivity contribution in [1.82, 2.24) is 4.98 Å². The van der Waals surface area contributed by atoms with Gasteiger partial charge in [-0.05, 0) is 73.9 Å². The average molecular weight is 629 g/mol. The van der Waals surface area contributed by atoms with Crippen molar-refractivity contribution in [1.29, 1.82) is 0 Å². The monoisotopic (exact) mass is 628 g/mol. The number of ether oxygens (including phenoxy) is 1. The number of nitrogens with one attached hydrogen (secondary N) is 1. The second-order valence-electron chi connectivity index (χ2n) is 12.3. The van der Waals surface area contributed by atoms with Gasteiger partial charge in [-0.25, -0.2) is 0 Å². The summed E-state index contributed by atoms with van der Waals surface area (Å²) in [5.74, 6) is -0.213. The zero-order chi connectivity index (χ0) is 29.6. The van der Waals surface area contributed by atoms with Gasteiger partial charge in [0.15, 0.2) is 0 Å². The van der Waals surface area contributed by atoms with Gasteiger partial charge in [0, 0.05) is 26.6 Å². The molecule has 1 saturated heterocycles. The van der Waals surface area contributed by atoms with Crippen LogP contribution in [0.25, 0.3) is 0 Å². The third-order valence-corrected chi connectivity index (χ3v) is 12.7. The molecule has 2 aliphatic heterocycles. The van der Waals surface area contributed by atoms with Crippen LogP contribution in [0.5, 0.6) is 5.75 Å². The summed E-state index contributed by atoms with van der Waals surface area (Å²) < 4.78 is 6.45. The fraction of sp³-hybridized carbons (Fsp3) is 0.324. The minimum absolute atomic E-state index is 0.0127. The third kappa shape index (κ3) is 4.25. The molecular weight excluding hydrogens is 600 g/mol. The SMILES string of the molecule is Cc1ccc(COc2ccc(Cl)cc2C2c3sc(=O)[nH]c3SC3C2[C@H]2C[C@@H]3C3C(=O)N(c4ccc(C)cc4)C(=O)C32)cc1. The Hall–Kier alpha value is -3.33. The van der Waals surface area contributed by atoms with Crippen molar-refractivity contribution in [2.75, 3.05) is 4.90 Å². The number of thiazole rings is 1. The quantitative estimate of drug-likeness (QED) is 0.242. The lowest BCUT2D eigenvalue weighted by Gasteiger charge is -2.43. The summed E-state index contributed by atoms with van der Waals surface area (Å²) in [6.07, 6.45) is 0.826. The maximum Gasteiger partial charge on any atom is 0.305 e. The first-order valence-electron chi connectivity index (χ1n) is 14.6. The summed E-state index contributed by atoms with van der Waals surface area (Å²) in [6, 6.07) is 21.6. The molecule has 2 aliphatic carbocycles. The number of carbonyl (C=O) groups is 2. The second kappa shape index (κ2) is 10.1. The van der Waals surface area contributed by atoms with E-state index in [4.69, 9.17) is 16.3 Å². The van der Waals surface area contributed by atoms with E-state index in [0.717, 1.165) is 38.8 Å². The van der Waals surface area contributed by atoms with Gasteiger partial charge in [0.05, 0.1) is 22.5 Å². The van der Waals surface area contributed by atoms with Crippen LogP contribution in [0.3, 0.4) is 0 Å². The summed E-state index contributed by atoms with van der Waals surface area (Å²) in [5, 5.41) is 1.55. The van der Waals surface area contributed by atoms with Gasteiger partial charge in [0.25, 0.3) is 0 Å². The molecule has 43 heavy (non-hydrogen) atoms. The predicted octanol–water partition coefficient (Wildman–Crippen LogP) is 6.96. The zero-order valence-corrected chi connectivity index (χ0v) is 26.0. The van der Waals surface area contributed by atoms with Crippen molar-refractivity contribution in [3.05, 3.63) is 109 Å². The zero-order valence-electron chi connectivity index (χ0n) is 23.6. The number of imide groups is 1. The number of benzene rings is 3. The smallest absolute Gasteiger partial charge is 0.305 e. The molecule has 3 heterocycles. The van der Waals surface area contributed by atoms with E-state index in [-0.39, 0.29) is 57.4 Å². The van der Waals surface area contributed by atoms with Crippen molar-refractivity contribution in [2.45, 2.75) is 43.1 Å². The van der Waals surface area contributed by atoms with Gasteiger partial charge in [0.2, 0.25) is 11.8 Å². The lowest BCUT2D eigenvalue weighted by molar-refractivity contribution is -0.123. The lowest BCUT2D eigenvalue weighted by Crippen LogP contribution is -2.42. The molecule has 1 N–H and O–H groups in total. The molecule has 2 bridgehead atoms. The van der Waals surface area contributed by atoms with Crippen molar-refractivity contribution in [2.24, 2.45) is 29.6 Å². The van der Waals surface area contributed by atoms with Crippen LogP contribution in [-0.4, -0.2) is 22.0 Å². The fourth-order valence-corrected chi connectivity index (χ4v) is 11.1. The number of aromatic amines is 1. The molecule has 3 aromatic carbocycles. The average Bonchev–Trinajstić information content (AvgIpc) is 3.73. The van der Waals surface area contributed by atoms with Crippen LogP contribution in [-0.2, 0) is 16.2 Å². The van der Waals surface area contributed by atoms with E-state index in [1.54, 1.807) is 11.8 Å². The molecule has 0 radical (unpaired) electrons. The van der Waals surface area contributed by atoms with E-state index in [1.165, 1.54) is 21.8 Å². The Bertz CT molecular complexity index is 1830. The van der Waals surface area contributed by atoms with E-state index in [9.17, 15) is 14.4 Å². The van der Waals surface area contributed by atoms with Crippen LogP contribution in [0.1, 0.15) is 39.5 Å². The molecule has 4 aromatic rings. The Morgan fingerprint density at radius 1 is 0.907 bits per heavy atom. The molecule has 4 aliphatic rings. The number of fused-ring (bicyclic) bond motifs is 9. The van der Waals surface area contributed by atoms with E-state index in [1.807, 2.05) is 49.4 Å². The van der Waals surface area contributed by atoms with E-state index in [2.05, 4.69) is 36.2 Å². The lowest BCUT2D eigenvalue weighted by atomic mass is 9.68. The molecule has 1 aromatic heterocycles. The third-order valence-electron chi connectivity index (χ3n) is 9.84. The summed E-state index contributed by atoms with van der Waals surface area (Å²) >= 11 is 9.54. The molecule has 2 saturated carbocycles. The predicted molar refractivity (Wildman–Crippen MR) is 169 cm³/mol. The van der Waals surface area contributed by atoms with Crippen LogP contribution in [0, 0.1) is 43.4 Å². The highest BCUT2D eigenvalue weighted by atomic mass is 35.5. The fourth-order valence-electron chi connectivity index (χ4n) is 8.05. The molecule has 2 amide bonds. The Morgan fingerprint density at radius 3 is 2.30 bits per heavy atom. The van der Waals surface area contributed by atoms with Crippen molar-refractivity contribution in [3.63, 3.8) is 0 Å². The number of thioether (sulfide) groups is 1.